The Morgan fingerprint density at radius 2 is 2.29 bits per heavy atom. The van der Waals surface area contributed by atoms with Crippen LogP contribution in [0.3, 0.4) is 0 Å². The molecule has 0 unspecified atom stereocenters. The molecule has 0 aromatic carbocycles. The highest BCUT2D eigenvalue weighted by molar-refractivity contribution is 5.21. The van der Waals surface area contributed by atoms with Crippen molar-refractivity contribution in [3.05, 3.63) is 44.8 Å². The normalized spacial score (nSPS) is 10.1. The lowest BCUT2D eigenvalue weighted by molar-refractivity contribution is 0.654. The highest BCUT2D eigenvalue weighted by Gasteiger charge is 2.07. The molecule has 0 spiro atoms. The number of aromatic nitrogens is 5. The van der Waals surface area contributed by atoms with E-state index in [1.807, 2.05) is 0 Å². The lowest BCUT2D eigenvalue weighted by Gasteiger charge is -2.03. The van der Waals surface area contributed by atoms with Crippen LogP contribution in [0.5, 0.6) is 0 Å². The Morgan fingerprint density at radius 1 is 1.53 bits per heavy atom. The molecule has 0 radical (unpaired) electrons. The largest absolute Gasteiger partial charge is 0.328 e. The van der Waals surface area contributed by atoms with Crippen LogP contribution in [0.15, 0.2) is 22.1 Å². The van der Waals surface area contributed by atoms with Gasteiger partial charge in [-0.1, -0.05) is 0 Å². The molecule has 1 N–H and O–H groups in total. The summed E-state index contributed by atoms with van der Waals surface area (Å²) in [5, 5.41) is 16.2. The molecule has 17 heavy (non-hydrogen) atoms. The lowest BCUT2D eigenvalue weighted by atomic mass is 10.4. The van der Waals surface area contributed by atoms with Crippen molar-refractivity contribution in [2.24, 2.45) is 7.05 Å². The van der Waals surface area contributed by atoms with E-state index in [9.17, 15) is 9.59 Å². The summed E-state index contributed by atoms with van der Waals surface area (Å²) in [4.78, 5) is 24.7. The predicted octanol–water partition coefficient (Wildman–Crippen LogP) is -1.41. The Bertz CT molecular complexity index is 701. The Morgan fingerprint density at radius 3 is 2.88 bits per heavy atom. The van der Waals surface area contributed by atoms with E-state index in [4.69, 9.17) is 5.26 Å². The first-order chi connectivity index (χ1) is 8.11. The van der Waals surface area contributed by atoms with Crippen molar-refractivity contribution in [2.45, 2.75) is 6.54 Å². The maximum absolute atomic E-state index is 11.5. The number of nitrogens with zero attached hydrogens (tertiary/aromatic N) is 5. The maximum Gasteiger partial charge on any atom is 0.328 e. The third kappa shape index (κ3) is 1.98. The SMILES string of the molecule is Cn1cnnc1Cn1cc(C#N)c(=O)[nH]c1=O. The number of aryl methyl sites for hydroxylation is 1. The van der Waals surface area contributed by atoms with Gasteiger partial charge in [0.1, 0.15) is 18.0 Å². The molecule has 2 aromatic rings. The van der Waals surface area contributed by atoms with Crippen LogP contribution in [0.2, 0.25) is 0 Å². The number of H-pyrrole nitrogens is 1. The molecule has 8 nitrogen and oxygen atoms in total. The summed E-state index contributed by atoms with van der Waals surface area (Å²) in [6.45, 7) is 0.140. The van der Waals surface area contributed by atoms with Gasteiger partial charge in [-0.15, -0.1) is 10.2 Å². The third-order valence-electron chi connectivity index (χ3n) is 2.25. The van der Waals surface area contributed by atoms with Gasteiger partial charge in [0, 0.05) is 13.2 Å². The lowest BCUT2D eigenvalue weighted by Crippen LogP contribution is -2.31. The molecule has 2 rings (SSSR count). The molecule has 0 aliphatic carbocycles. The zero-order chi connectivity index (χ0) is 12.4. The fourth-order valence-electron chi connectivity index (χ4n) is 1.31. The number of aromatic amines is 1. The second-order valence-electron chi connectivity index (χ2n) is 3.40. The fraction of sp³-hybridized carbons (Fsp3) is 0.222. The smallest absolute Gasteiger partial charge is 0.319 e. The standard InChI is InChI=1S/C9H8N6O2/c1-14-5-11-13-7(14)4-15-3-6(2-10)8(16)12-9(15)17/h3,5H,4H2,1H3,(H,12,16,17). The van der Waals surface area contributed by atoms with Crippen molar-refractivity contribution in [1.82, 2.24) is 24.3 Å². The molecule has 0 saturated carbocycles. The summed E-state index contributed by atoms with van der Waals surface area (Å²) >= 11 is 0. The molecule has 2 aromatic heterocycles. The number of nitrogens with one attached hydrogen (secondary N) is 1. The molecular weight excluding hydrogens is 224 g/mol. The molecule has 0 bridgehead atoms. The van der Waals surface area contributed by atoms with Crippen molar-refractivity contribution in [2.75, 3.05) is 0 Å². The molecule has 0 atom stereocenters. The minimum absolute atomic E-state index is 0.119. The van der Waals surface area contributed by atoms with Crippen LogP contribution in [0.4, 0.5) is 0 Å². The van der Waals surface area contributed by atoms with Crippen LogP contribution in [-0.4, -0.2) is 24.3 Å². The van der Waals surface area contributed by atoms with E-state index in [0.717, 1.165) is 0 Å². The van der Waals surface area contributed by atoms with Gasteiger partial charge in [-0.2, -0.15) is 5.26 Å². The maximum atomic E-state index is 11.5. The van der Waals surface area contributed by atoms with Gasteiger partial charge in [0.2, 0.25) is 0 Å². The van der Waals surface area contributed by atoms with Gasteiger partial charge in [0.15, 0.2) is 5.82 Å². The monoisotopic (exact) mass is 232 g/mol. The molecule has 86 valence electrons. The van der Waals surface area contributed by atoms with E-state index < -0.39 is 11.2 Å². The number of rotatable bonds is 2. The third-order valence-corrected chi connectivity index (χ3v) is 2.25. The molecule has 8 heteroatoms. The summed E-state index contributed by atoms with van der Waals surface area (Å²) in [5.74, 6) is 0.544. The molecule has 0 saturated heterocycles. The van der Waals surface area contributed by atoms with E-state index in [1.165, 1.54) is 17.1 Å². The number of hydrogen-bond acceptors (Lipinski definition) is 5. The Balaban J connectivity index is 2.48. The average Bonchev–Trinajstić information content (AvgIpc) is 2.68. The van der Waals surface area contributed by atoms with E-state index >= 15 is 0 Å². The summed E-state index contributed by atoms with van der Waals surface area (Å²) < 4.78 is 2.84. The molecule has 0 aliphatic rings. The van der Waals surface area contributed by atoms with Crippen LogP contribution < -0.4 is 11.2 Å². The molecule has 2 heterocycles. The molecule has 0 aliphatic heterocycles. The van der Waals surface area contributed by atoms with E-state index in [2.05, 4.69) is 15.2 Å². The zero-order valence-electron chi connectivity index (χ0n) is 8.91. The zero-order valence-corrected chi connectivity index (χ0v) is 8.91. The van der Waals surface area contributed by atoms with Crippen LogP contribution in [0.25, 0.3) is 0 Å². The van der Waals surface area contributed by atoms with Gasteiger partial charge in [0.25, 0.3) is 5.56 Å². The number of hydrogen-bond donors (Lipinski definition) is 1. The first-order valence-electron chi connectivity index (χ1n) is 4.68. The van der Waals surface area contributed by atoms with Crippen molar-refractivity contribution in [1.29, 1.82) is 5.26 Å². The molecule has 0 fully saturated rings. The quantitative estimate of drug-likeness (QED) is 0.683. The molecular formula is C9H8N6O2. The van der Waals surface area contributed by atoms with Crippen LogP contribution >= 0.6 is 0 Å². The summed E-state index contributed by atoms with van der Waals surface area (Å²) in [5.41, 5.74) is -1.39. The van der Waals surface area contributed by atoms with Gasteiger partial charge >= 0.3 is 5.69 Å². The van der Waals surface area contributed by atoms with E-state index in [-0.39, 0.29) is 12.1 Å². The van der Waals surface area contributed by atoms with Crippen molar-refractivity contribution in [3.63, 3.8) is 0 Å². The van der Waals surface area contributed by atoms with Crippen molar-refractivity contribution >= 4 is 0 Å². The summed E-state index contributed by atoms with van der Waals surface area (Å²) in [7, 11) is 1.73. The first kappa shape index (κ1) is 10.8. The van der Waals surface area contributed by atoms with Crippen LogP contribution in [-0.2, 0) is 13.6 Å². The van der Waals surface area contributed by atoms with Gasteiger partial charge < -0.3 is 4.57 Å². The van der Waals surface area contributed by atoms with Crippen LogP contribution in [0, 0.1) is 11.3 Å². The van der Waals surface area contributed by atoms with Gasteiger partial charge in [-0.3, -0.25) is 14.3 Å². The minimum atomic E-state index is -0.688. The van der Waals surface area contributed by atoms with Crippen LogP contribution in [0.1, 0.15) is 11.4 Å². The molecule has 0 amide bonds. The van der Waals surface area contributed by atoms with Gasteiger partial charge in [0.05, 0.1) is 6.54 Å². The Labute approximate surface area is 94.8 Å². The Kier molecular flexibility index (Phi) is 2.58. The number of nitriles is 1. The predicted molar refractivity (Wildman–Crippen MR) is 56.1 cm³/mol. The second kappa shape index (κ2) is 4.05. The Hall–Kier alpha value is -2.69. The summed E-state index contributed by atoms with van der Waals surface area (Å²) in [6.07, 6.45) is 2.70. The second-order valence-corrected chi connectivity index (χ2v) is 3.40. The first-order valence-corrected chi connectivity index (χ1v) is 4.68. The average molecular weight is 232 g/mol. The van der Waals surface area contributed by atoms with Crippen molar-refractivity contribution < 1.29 is 0 Å². The van der Waals surface area contributed by atoms with Crippen molar-refractivity contribution in [3.8, 4) is 6.07 Å². The van der Waals surface area contributed by atoms with Gasteiger partial charge in [-0.25, -0.2) is 4.79 Å². The van der Waals surface area contributed by atoms with E-state index in [1.54, 1.807) is 17.7 Å². The highest BCUT2D eigenvalue weighted by Crippen LogP contribution is 1.94. The topological polar surface area (TPSA) is 109 Å². The highest BCUT2D eigenvalue weighted by atomic mass is 16.2. The summed E-state index contributed by atoms with van der Waals surface area (Å²) in [6, 6.07) is 1.71. The van der Waals surface area contributed by atoms with E-state index in [0.29, 0.717) is 5.82 Å². The minimum Gasteiger partial charge on any atom is -0.319 e. The fourth-order valence-corrected chi connectivity index (χ4v) is 1.31. The van der Waals surface area contributed by atoms with Gasteiger partial charge in [-0.05, 0) is 0 Å².